The summed E-state index contributed by atoms with van der Waals surface area (Å²) in [6.07, 6.45) is 0.0718. The van der Waals surface area contributed by atoms with Gasteiger partial charge in [0.2, 0.25) is 6.79 Å². The maximum Gasteiger partial charge on any atom is 0.262 e. The lowest BCUT2D eigenvalue weighted by molar-refractivity contribution is 0.0994. The Balaban J connectivity index is 1.91. The Morgan fingerprint density at radius 1 is 1.32 bits per heavy atom. The Labute approximate surface area is 135 Å². The van der Waals surface area contributed by atoms with Crippen LogP contribution in [-0.2, 0) is 15.5 Å². The summed E-state index contributed by atoms with van der Waals surface area (Å²) in [6, 6.07) is 4.89. The van der Waals surface area contributed by atoms with Crippen molar-refractivity contribution in [3.63, 3.8) is 0 Å². The van der Waals surface area contributed by atoms with Crippen molar-refractivity contribution in [2.45, 2.75) is 18.2 Å². The van der Waals surface area contributed by atoms with Gasteiger partial charge in [-0.3, -0.25) is 4.79 Å². The van der Waals surface area contributed by atoms with Crippen LogP contribution in [0.1, 0.15) is 20.8 Å². The summed E-state index contributed by atoms with van der Waals surface area (Å²) in [4.78, 5) is 12.4. The lowest BCUT2D eigenvalue weighted by Gasteiger charge is -2.07. The topological polar surface area (TPSA) is 69.7 Å². The fourth-order valence-electron chi connectivity index (χ4n) is 2.22. The molecule has 0 spiro atoms. The van der Waals surface area contributed by atoms with Gasteiger partial charge in [-0.2, -0.15) is 0 Å². The normalized spacial score (nSPS) is 13.4. The molecule has 2 aromatic rings. The molecule has 22 heavy (non-hydrogen) atoms. The van der Waals surface area contributed by atoms with E-state index in [1.54, 1.807) is 12.1 Å². The second-order valence-electron chi connectivity index (χ2n) is 4.78. The second kappa shape index (κ2) is 5.57. The predicted octanol–water partition coefficient (Wildman–Crippen LogP) is 3.14. The minimum atomic E-state index is -3.93. The molecule has 0 radical (unpaired) electrons. The highest BCUT2D eigenvalue weighted by atomic mass is 35.7. The molecule has 0 amide bonds. The molecular weight excluding hydrogens is 348 g/mol. The first-order valence-corrected chi connectivity index (χ1v) is 9.49. The van der Waals surface area contributed by atoms with Gasteiger partial charge in [-0.25, -0.2) is 8.42 Å². The van der Waals surface area contributed by atoms with Gasteiger partial charge in [0.05, 0.1) is 4.88 Å². The molecule has 2 heterocycles. The van der Waals surface area contributed by atoms with E-state index in [0.29, 0.717) is 11.5 Å². The largest absolute Gasteiger partial charge is 0.454 e. The van der Waals surface area contributed by atoms with Crippen LogP contribution in [0.4, 0.5) is 0 Å². The number of Topliss-reactive ketones (excluding diaryl/α,β-unsaturated/α-hetero) is 1. The van der Waals surface area contributed by atoms with Crippen LogP contribution in [0.2, 0.25) is 0 Å². The van der Waals surface area contributed by atoms with Crippen molar-refractivity contribution in [2.24, 2.45) is 0 Å². The molecule has 0 saturated heterocycles. The molecule has 0 atom stereocenters. The Morgan fingerprint density at radius 3 is 2.68 bits per heavy atom. The molecule has 0 bridgehead atoms. The number of benzene rings is 1. The number of fused-ring (bicyclic) bond motifs is 1. The van der Waals surface area contributed by atoms with Crippen molar-refractivity contribution >= 4 is 36.9 Å². The number of ether oxygens (including phenoxy) is 2. The first-order valence-electron chi connectivity index (χ1n) is 6.31. The molecular formula is C14H11ClO5S2. The van der Waals surface area contributed by atoms with E-state index in [1.165, 1.54) is 11.4 Å². The lowest BCUT2D eigenvalue weighted by Crippen LogP contribution is -2.06. The van der Waals surface area contributed by atoms with E-state index in [2.05, 4.69) is 0 Å². The van der Waals surface area contributed by atoms with Crippen LogP contribution < -0.4 is 9.47 Å². The number of hydrogen-bond acceptors (Lipinski definition) is 6. The van der Waals surface area contributed by atoms with Gasteiger partial charge >= 0.3 is 0 Å². The van der Waals surface area contributed by atoms with E-state index < -0.39 is 9.05 Å². The number of halogens is 1. The van der Waals surface area contributed by atoms with Crippen LogP contribution >= 0.6 is 22.0 Å². The van der Waals surface area contributed by atoms with E-state index in [0.717, 1.165) is 22.5 Å². The summed E-state index contributed by atoms with van der Waals surface area (Å²) in [6.45, 7) is 2.02. The lowest BCUT2D eigenvalue weighted by atomic mass is 10.0. The molecule has 3 rings (SSSR count). The van der Waals surface area contributed by atoms with Crippen molar-refractivity contribution in [3.8, 4) is 11.5 Å². The van der Waals surface area contributed by atoms with E-state index in [9.17, 15) is 13.2 Å². The third-order valence-corrected chi connectivity index (χ3v) is 5.78. The average molecular weight is 359 g/mol. The fraction of sp³-hybridized carbons (Fsp3) is 0.214. The molecule has 0 saturated carbocycles. The van der Waals surface area contributed by atoms with Crippen LogP contribution in [0.3, 0.4) is 0 Å². The van der Waals surface area contributed by atoms with Crippen LogP contribution in [-0.4, -0.2) is 21.0 Å². The van der Waals surface area contributed by atoms with Gasteiger partial charge in [0.1, 0.15) is 4.90 Å². The van der Waals surface area contributed by atoms with Crippen LogP contribution in [0, 0.1) is 6.92 Å². The van der Waals surface area contributed by atoms with Gasteiger partial charge in [-0.15, -0.1) is 11.3 Å². The minimum absolute atomic E-state index is 0.0718. The summed E-state index contributed by atoms with van der Waals surface area (Å²) < 4.78 is 33.5. The number of rotatable bonds is 4. The molecule has 116 valence electrons. The fourth-order valence-corrected chi connectivity index (χ4v) is 4.60. The highest BCUT2D eigenvalue weighted by Crippen LogP contribution is 2.35. The molecule has 8 heteroatoms. The zero-order valence-corrected chi connectivity index (χ0v) is 13.8. The number of carbonyl (C=O) groups is 1. The third kappa shape index (κ3) is 2.84. The molecule has 0 N–H and O–H groups in total. The van der Waals surface area contributed by atoms with Crippen LogP contribution in [0.25, 0.3) is 0 Å². The van der Waals surface area contributed by atoms with E-state index in [4.69, 9.17) is 20.2 Å². The zero-order valence-electron chi connectivity index (χ0n) is 11.5. The summed E-state index contributed by atoms with van der Waals surface area (Å²) >= 11 is 1.07. The van der Waals surface area contributed by atoms with Gasteiger partial charge in [0.25, 0.3) is 9.05 Å². The smallest absolute Gasteiger partial charge is 0.262 e. The summed E-state index contributed by atoms with van der Waals surface area (Å²) in [5.41, 5.74) is 1.64. The predicted molar refractivity (Wildman–Crippen MR) is 82.7 cm³/mol. The Kier molecular flexibility index (Phi) is 3.88. The van der Waals surface area contributed by atoms with Gasteiger partial charge in [0.15, 0.2) is 17.3 Å². The molecule has 1 aromatic carbocycles. The van der Waals surface area contributed by atoms with Crippen molar-refractivity contribution in [2.75, 3.05) is 6.79 Å². The standard InChI is InChI=1S/C14H11ClO5S2/c1-8-4-11-12(20-7-19-11)6-9(8)5-10(16)14-13(2-3-21-14)22(15,17)18/h2-4,6H,5,7H2,1H3. The number of hydrogen-bond donors (Lipinski definition) is 0. The molecule has 1 aliphatic rings. The summed E-state index contributed by atoms with van der Waals surface area (Å²) in [7, 11) is 1.42. The molecule has 1 aromatic heterocycles. The molecule has 0 fully saturated rings. The first-order chi connectivity index (χ1) is 10.4. The van der Waals surface area contributed by atoms with Gasteiger partial charge in [-0.1, -0.05) is 0 Å². The highest BCUT2D eigenvalue weighted by Gasteiger charge is 2.23. The average Bonchev–Trinajstić information content (AvgIpc) is 3.05. The first kappa shape index (κ1) is 15.3. The molecule has 1 aliphatic heterocycles. The number of aryl methyl sites for hydroxylation is 1. The Hall–Kier alpha value is -1.57. The third-order valence-electron chi connectivity index (χ3n) is 3.33. The van der Waals surface area contributed by atoms with Crippen LogP contribution in [0.15, 0.2) is 28.5 Å². The van der Waals surface area contributed by atoms with Crippen LogP contribution in [0.5, 0.6) is 11.5 Å². The monoisotopic (exact) mass is 358 g/mol. The summed E-state index contributed by atoms with van der Waals surface area (Å²) in [5.74, 6) is 0.940. The maximum absolute atomic E-state index is 12.4. The Morgan fingerprint density at radius 2 is 2.00 bits per heavy atom. The molecule has 0 aliphatic carbocycles. The number of thiophene rings is 1. The molecule has 0 unspecified atom stereocenters. The van der Waals surface area contributed by atoms with E-state index in [-0.39, 0.29) is 28.8 Å². The highest BCUT2D eigenvalue weighted by molar-refractivity contribution is 8.13. The number of carbonyl (C=O) groups excluding carboxylic acids is 1. The van der Waals surface area contributed by atoms with Crippen molar-refractivity contribution in [1.82, 2.24) is 0 Å². The van der Waals surface area contributed by atoms with Crippen molar-refractivity contribution < 1.29 is 22.7 Å². The number of ketones is 1. The van der Waals surface area contributed by atoms with Gasteiger partial charge in [-0.05, 0) is 41.6 Å². The quantitative estimate of drug-likeness (QED) is 0.620. The van der Waals surface area contributed by atoms with Gasteiger partial charge in [0, 0.05) is 17.1 Å². The van der Waals surface area contributed by atoms with Crippen molar-refractivity contribution in [1.29, 1.82) is 0 Å². The van der Waals surface area contributed by atoms with Crippen molar-refractivity contribution in [3.05, 3.63) is 39.6 Å². The van der Waals surface area contributed by atoms with Gasteiger partial charge < -0.3 is 9.47 Å². The Bertz CT molecular complexity index is 854. The maximum atomic E-state index is 12.4. The van der Waals surface area contributed by atoms with E-state index >= 15 is 0 Å². The second-order valence-corrected chi connectivity index (χ2v) is 8.23. The molecule has 5 nitrogen and oxygen atoms in total. The zero-order chi connectivity index (χ0) is 15.9. The summed E-state index contributed by atoms with van der Waals surface area (Å²) in [5, 5.41) is 1.54. The minimum Gasteiger partial charge on any atom is -0.454 e. The SMILES string of the molecule is Cc1cc2c(cc1CC(=O)c1sccc1S(=O)(=O)Cl)OCO2. The van der Waals surface area contributed by atoms with E-state index in [1.807, 2.05) is 6.92 Å².